The first kappa shape index (κ1) is 13.7. The molecule has 5 heteroatoms. The highest BCUT2D eigenvalue weighted by molar-refractivity contribution is 7.80. The van der Waals surface area contributed by atoms with Crippen LogP contribution in [0, 0.1) is 5.92 Å². The van der Waals surface area contributed by atoms with Crippen molar-refractivity contribution in [3.05, 3.63) is 23.7 Å². The standard InChI is InChI=1S/C12H18N2O2S/c1-4-9-5-6-10(16-9)12(15)14(3)7-8(2)11(13)17/h5-6,8H,4,7H2,1-3H3,(H2,13,17). The Morgan fingerprint density at radius 2 is 2.24 bits per heavy atom. The van der Waals surface area contributed by atoms with Gasteiger partial charge in [-0.15, -0.1) is 0 Å². The third-order valence-electron chi connectivity index (χ3n) is 2.60. The maximum atomic E-state index is 12.0. The van der Waals surface area contributed by atoms with Crippen LogP contribution in [0.2, 0.25) is 0 Å². The van der Waals surface area contributed by atoms with Gasteiger partial charge in [-0.2, -0.15) is 0 Å². The topological polar surface area (TPSA) is 59.5 Å². The molecular formula is C12H18N2O2S. The number of amides is 1. The van der Waals surface area contributed by atoms with Gasteiger partial charge in [0.15, 0.2) is 5.76 Å². The van der Waals surface area contributed by atoms with Crippen molar-refractivity contribution in [2.75, 3.05) is 13.6 Å². The maximum Gasteiger partial charge on any atom is 0.289 e. The van der Waals surface area contributed by atoms with E-state index in [9.17, 15) is 4.79 Å². The molecule has 1 aromatic heterocycles. The van der Waals surface area contributed by atoms with Crippen LogP contribution in [-0.4, -0.2) is 29.4 Å². The Labute approximate surface area is 107 Å². The summed E-state index contributed by atoms with van der Waals surface area (Å²) in [6.45, 7) is 4.37. The molecule has 0 radical (unpaired) electrons. The van der Waals surface area contributed by atoms with Crippen molar-refractivity contribution in [2.45, 2.75) is 20.3 Å². The molecule has 94 valence electrons. The molecule has 0 spiro atoms. The Morgan fingerprint density at radius 3 is 2.71 bits per heavy atom. The lowest BCUT2D eigenvalue weighted by atomic mass is 10.1. The summed E-state index contributed by atoms with van der Waals surface area (Å²) < 4.78 is 5.40. The van der Waals surface area contributed by atoms with E-state index in [-0.39, 0.29) is 11.8 Å². The molecule has 0 saturated heterocycles. The number of nitrogens with zero attached hydrogens (tertiary/aromatic N) is 1. The van der Waals surface area contributed by atoms with Gasteiger partial charge in [0.25, 0.3) is 5.91 Å². The van der Waals surface area contributed by atoms with E-state index in [0.29, 0.717) is 17.3 Å². The molecule has 4 nitrogen and oxygen atoms in total. The van der Waals surface area contributed by atoms with Crippen LogP contribution in [0.15, 0.2) is 16.5 Å². The summed E-state index contributed by atoms with van der Waals surface area (Å²) >= 11 is 4.88. The third kappa shape index (κ3) is 3.56. The molecule has 1 heterocycles. The Hall–Kier alpha value is -1.36. The molecule has 0 aliphatic carbocycles. The first-order valence-electron chi connectivity index (χ1n) is 5.59. The van der Waals surface area contributed by atoms with E-state index in [0.717, 1.165) is 12.2 Å². The predicted octanol–water partition coefficient (Wildman–Crippen LogP) is 1.84. The molecule has 1 amide bonds. The molecule has 0 fully saturated rings. The van der Waals surface area contributed by atoms with Crippen LogP contribution in [-0.2, 0) is 6.42 Å². The summed E-state index contributed by atoms with van der Waals surface area (Å²) in [5, 5.41) is 0. The van der Waals surface area contributed by atoms with E-state index in [2.05, 4.69) is 0 Å². The van der Waals surface area contributed by atoms with Gasteiger partial charge < -0.3 is 15.1 Å². The van der Waals surface area contributed by atoms with Crippen molar-refractivity contribution < 1.29 is 9.21 Å². The summed E-state index contributed by atoms with van der Waals surface area (Å²) in [5.41, 5.74) is 5.52. The van der Waals surface area contributed by atoms with Crippen molar-refractivity contribution in [1.82, 2.24) is 4.90 Å². The van der Waals surface area contributed by atoms with Crippen molar-refractivity contribution in [1.29, 1.82) is 0 Å². The van der Waals surface area contributed by atoms with Crippen LogP contribution in [0.1, 0.15) is 30.2 Å². The van der Waals surface area contributed by atoms with Gasteiger partial charge in [-0.25, -0.2) is 0 Å². The molecule has 2 N–H and O–H groups in total. The zero-order valence-corrected chi connectivity index (χ0v) is 11.2. The molecule has 0 bridgehead atoms. The van der Waals surface area contributed by atoms with Crippen LogP contribution in [0.5, 0.6) is 0 Å². The Morgan fingerprint density at radius 1 is 1.59 bits per heavy atom. The first-order chi connectivity index (χ1) is 7.95. The highest BCUT2D eigenvalue weighted by atomic mass is 32.1. The monoisotopic (exact) mass is 254 g/mol. The van der Waals surface area contributed by atoms with Crippen molar-refractivity contribution in [3.8, 4) is 0 Å². The maximum absolute atomic E-state index is 12.0. The normalized spacial score (nSPS) is 12.2. The number of rotatable bonds is 5. The molecule has 1 rings (SSSR count). The van der Waals surface area contributed by atoms with Gasteiger partial charge in [0.05, 0.1) is 4.99 Å². The van der Waals surface area contributed by atoms with Crippen LogP contribution in [0.25, 0.3) is 0 Å². The van der Waals surface area contributed by atoms with Gasteiger partial charge in [0.2, 0.25) is 0 Å². The summed E-state index contributed by atoms with van der Waals surface area (Å²) in [5.74, 6) is 1.02. The highest BCUT2D eigenvalue weighted by Crippen LogP contribution is 2.11. The lowest BCUT2D eigenvalue weighted by Gasteiger charge is -2.19. The number of nitrogens with two attached hydrogens (primary N) is 1. The molecule has 0 saturated carbocycles. The van der Waals surface area contributed by atoms with Crippen LogP contribution < -0.4 is 5.73 Å². The molecule has 1 unspecified atom stereocenters. The molecule has 1 atom stereocenters. The minimum Gasteiger partial charge on any atom is -0.456 e. The lowest BCUT2D eigenvalue weighted by Crippen LogP contribution is -2.35. The van der Waals surface area contributed by atoms with Crippen LogP contribution >= 0.6 is 12.2 Å². The predicted molar refractivity (Wildman–Crippen MR) is 71.0 cm³/mol. The fourth-order valence-electron chi connectivity index (χ4n) is 1.45. The van der Waals surface area contributed by atoms with E-state index in [1.165, 1.54) is 0 Å². The number of aryl methyl sites for hydroxylation is 1. The fourth-order valence-corrected chi connectivity index (χ4v) is 1.53. The first-order valence-corrected chi connectivity index (χ1v) is 6.00. The van der Waals surface area contributed by atoms with E-state index in [1.54, 1.807) is 18.0 Å². The molecule has 0 aliphatic heterocycles. The quantitative estimate of drug-likeness (QED) is 0.814. The van der Waals surface area contributed by atoms with Gasteiger partial charge in [-0.1, -0.05) is 26.1 Å². The Bertz CT molecular complexity index is 414. The number of hydrogen-bond donors (Lipinski definition) is 1. The van der Waals surface area contributed by atoms with E-state index in [1.807, 2.05) is 19.9 Å². The number of carbonyl (C=O) groups excluding carboxylic acids is 1. The number of thiocarbonyl (C=S) groups is 1. The second-order valence-electron chi connectivity index (χ2n) is 4.11. The Kier molecular flexibility index (Phi) is 4.69. The van der Waals surface area contributed by atoms with Gasteiger partial charge in [0, 0.05) is 25.9 Å². The zero-order chi connectivity index (χ0) is 13.0. The van der Waals surface area contributed by atoms with Crippen molar-refractivity contribution >= 4 is 23.1 Å². The van der Waals surface area contributed by atoms with Gasteiger partial charge >= 0.3 is 0 Å². The van der Waals surface area contributed by atoms with Crippen molar-refractivity contribution in [2.24, 2.45) is 11.7 Å². The van der Waals surface area contributed by atoms with Crippen molar-refractivity contribution in [3.63, 3.8) is 0 Å². The largest absolute Gasteiger partial charge is 0.456 e. The second kappa shape index (κ2) is 5.82. The van der Waals surface area contributed by atoms with Gasteiger partial charge in [0.1, 0.15) is 5.76 Å². The second-order valence-corrected chi connectivity index (χ2v) is 4.58. The fraction of sp³-hybridized carbons (Fsp3) is 0.500. The van der Waals surface area contributed by atoms with Crippen LogP contribution in [0.3, 0.4) is 0 Å². The summed E-state index contributed by atoms with van der Waals surface area (Å²) in [4.78, 5) is 14.0. The summed E-state index contributed by atoms with van der Waals surface area (Å²) in [7, 11) is 1.71. The Balaban J connectivity index is 2.66. The van der Waals surface area contributed by atoms with Crippen LogP contribution in [0.4, 0.5) is 0 Å². The average Bonchev–Trinajstić information content (AvgIpc) is 2.76. The average molecular weight is 254 g/mol. The number of carbonyl (C=O) groups is 1. The minimum atomic E-state index is -0.146. The molecule has 17 heavy (non-hydrogen) atoms. The third-order valence-corrected chi connectivity index (χ3v) is 3.00. The molecule has 0 aliphatic rings. The van der Waals surface area contributed by atoms with E-state index < -0.39 is 0 Å². The molecular weight excluding hydrogens is 236 g/mol. The number of furan rings is 1. The smallest absolute Gasteiger partial charge is 0.289 e. The van der Waals surface area contributed by atoms with E-state index >= 15 is 0 Å². The zero-order valence-electron chi connectivity index (χ0n) is 10.4. The molecule has 0 aromatic carbocycles. The van der Waals surface area contributed by atoms with Gasteiger partial charge in [-0.3, -0.25) is 4.79 Å². The lowest BCUT2D eigenvalue weighted by molar-refractivity contribution is 0.0753. The van der Waals surface area contributed by atoms with Gasteiger partial charge in [-0.05, 0) is 12.1 Å². The minimum absolute atomic E-state index is 0.000409. The highest BCUT2D eigenvalue weighted by Gasteiger charge is 2.18. The van der Waals surface area contributed by atoms with E-state index in [4.69, 9.17) is 22.4 Å². The molecule has 1 aromatic rings. The summed E-state index contributed by atoms with van der Waals surface area (Å²) in [6, 6.07) is 3.52. The SMILES string of the molecule is CCc1ccc(C(=O)N(C)CC(C)C(N)=S)o1. The summed E-state index contributed by atoms with van der Waals surface area (Å²) in [6.07, 6.45) is 0.778. The number of hydrogen-bond acceptors (Lipinski definition) is 3.